The molecule has 0 aliphatic carbocycles. The Labute approximate surface area is 362 Å². The van der Waals surface area contributed by atoms with Gasteiger partial charge in [-0.3, -0.25) is 4.79 Å². The Morgan fingerprint density at radius 3 is 1.20 bits per heavy atom. The van der Waals surface area contributed by atoms with Gasteiger partial charge in [-0.05, 0) is 12.8 Å². The summed E-state index contributed by atoms with van der Waals surface area (Å²) >= 11 is 0. The quantitative estimate of drug-likeness (QED) is 0.0296. The fourth-order valence-electron chi connectivity index (χ4n) is 8.40. The van der Waals surface area contributed by atoms with E-state index in [0.29, 0.717) is 12.8 Å². The van der Waals surface area contributed by atoms with E-state index in [4.69, 9.17) is 9.47 Å². The molecule has 1 aliphatic rings. The smallest absolute Gasteiger partial charge is 0.249 e. The number of nitrogens with one attached hydrogen (secondary N) is 1. The Hall–Kier alpha value is -0.850. The van der Waals surface area contributed by atoms with Crippen LogP contribution in [0.3, 0.4) is 0 Å². The van der Waals surface area contributed by atoms with Crippen molar-refractivity contribution < 1.29 is 44.9 Å². The van der Waals surface area contributed by atoms with Crippen LogP contribution in [0, 0.1) is 0 Å². The molecule has 1 saturated heterocycles. The molecule has 0 bridgehead atoms. The zero-order valence-corrected chi connectivity index (χ0v) is 38.4. The van der Waals surface area contributed by atoms with E-state index in [1.807, 2.05) is 0 Å². The minimum atomic E-state index is -1.59. The topological polar surface area (TPSA) is 169 Å². The van der Waals surface area contributed by atoms with Crippen LogP contribution < -0.4 is 5.32 Å². The summed E-state index contributed by atoms with van der Waals surface area (Å²) < 4.78 is 11.2. The molecule has 0 spiro atoms. The summed E-state index contributed by atoms with van der Waals surface area (Å²) in [4.78, 5) is 13.1. The SMILES string of the molecule is CCCCCCCCCCCCCCCCCCCCCCCC(O)C(=O)NC(COC1OC(CO)C(O)C(O)C1O)C(O)CCCCCCCCCCCCCCC. The highest BCUT2D eigenvalue weighted by molar-refractivity contribution is 5.80. The van der Waals surface area contributed by atoms with E-state index in [-0.39, 0.29) is 6.61 Å². The molecule has 1 amide bonds. The van der Waals surface area contributed by atoms with Crippen molar-refractivity contribution in [1.29, 1.82) is 0 Å². The first-order valence-electron chi connectivity index (χ1n) is 25.3. The van der Waals surface area contributed by atoms with Crippen molar-refractivity contribution >= 4 is 5.91 Å². The number of hydrogen-bond donors (Lipinski definition) is 7. The fraction of sp³-hybridized carbons (Fsp3) is 0.980. The molecule has 1 aliphatic heterocycles. The summed E-state index contributed by atoms with van der Waals surface area (Å²) in [6.07, 6.45) is 34.4. The van der Waals surface area contributed by atoms with E-state index in [0.717, 1.165) is 44.9 Å². The predicted molar refractivity (Wildman–Crippen MR) is 241 cm³/mol. The molecule has 10 nitrogen and oxygen atoms in total. The Bertz CT molecular complexity index is 911. The molecule has 1 heterocycles. The molecular weight excluding hydrogens is 747 g/mol. The lowest BCUT2D eigenvalue weighted by Gasteiger charge is -2.40. The van der Waals surface area contributed by atoms with Crippen LogP contribution in [0.15, 0.2) is 0 Å². The van der Waals surface area contributed by atoms with Crippen LogP contribution in [0.25, 0.3) is 0 Å². The van der Waals surface area contributed by atoms with Gasteiger partial charge in [0.25, 0.3) is 0 Å². The summed E-state index contributed by atoms with van der Waals surface area (Å²) in [6, 6.07) is -0.887. The molecule has 8 unspecified atom stereocenters. The van der Waals surface area contributed by atoms with Crippen molar-refractivity contribution in [2.45, 2.75) is 294 Å². The number of aliphatic hydroxyl groups excluding tert-OH is 6. The van der Waals surface area contributed by atoms with Crippen LogP contribution >= 0.6 is 0 Å². The summed E-state index contributed by atoms with van der Waals surface area (Å²) in [7, 11) is 0. The first-order chi connectivity index (χ1) is 28.8. The summed E-state index contributed by atoms with van der Waals surface area (Å²) in [6.45, 7) is 3.69. The first-order valence-corrected chi connectivity index (χ1v) is 25.3. The van der Waals surface area contributed by atoms with Gasteiger partial charge in [0.2, 0.25) is 5.91 Å². The average Bonchev–Trinajstić information content (AvgIpc) is 3.23. The highest BCUT2D eigenvalue weighted by Crippen LogP contribution is 2.23. The predicted octanol–water partition coefficient (Wildman–Crippen LogP) is 10.1. The van der Waals surface area contributed by atoms with Gasteiger partial charge in [0.15, 0.2) is 6.29 Å². The molecule has 0 aromatic heterocycles. The number of unbranched alkanes of at least 4 members (excludes halogenated alkanes) is 32. The maximum Gasteiger partial charge on any atom is 0.249 e. The highest BCUT2D eigenvalue weighted by atomic mass is 16.7. The summed E-state index contributed by atoms with van der Waals surface area (Å²) in [5.41, 5.74) is 0. The standard InChI is InChI=1S/C49H97NO9/c1-3-5-7-9-11-13-15-17-18-19-20-21-22-23-24-26-28-30-32-34-36-38-43(53)48(57)50-41(40-58-49-47(56)46(55)45(54)44(39-51)59-49)42(52)37-35-33-31-29-27-25-16-14-12-10-8-6-4-2/h41-47,49,51-56H,3-40H2,1-2H3,(H,50,57). The molecule has 0 saturated carbocycles. The minimum absolute atomic E-state index is 0.250. The van der Waals surface area contributed by atoms with Crippen LogP contribution in [0.5, 0.6) is 0 Å². The second-order valence-electron chi connectivity index (χ2n) is 18.1. The van der Waals surface area contributed by atoms with Crippen LogP contribution in [0.1, 0.15) is 245 Å². The Morgan fingerprint density at radius 2 is 0.847 bits per heavy atom. The average molecular weight is 844 g/mol. The van der Waals surface area contributed by atoms with Crippen molar-refractivity contribution in [3.8, 4) is 0 Å². The second kappa shape index (κ2) is 40.0. The molecule has 8 atom stereocenters. The second-order valence-corrected chi connectivity index (χ2v) is 18.1. The molecule has 0 aromatic carbocycles. The Kier molecular flexibility index (Phi) is 38.0. The van der Waals surface area contributed by atoms with Gasteiger partial charge in [0.05, 0.1) is 25.4 Å². The Morgan fingerprint density at radius 1 is 0.508 bits per heavy atom. The van der Waals surface area contributed by atoms with E-state index < -0.39 is 61.5 Å². The molecule has 0 aromatic rings. The number of amides is 1. The third-order valence-electron chi connectivity index (χ3n) is 12.6. The molecule has 1 rings (SSSR count). The van der Waals surface area contributed by atoms with Gasteiger partial charge in [-0.2, -0.15) is 0 Å². The maximum absolute atomic E-state index is 13.1. The highest BCUT2D eigenvalue weighted by Gasteiger charge is 2.44. The number of ether oxygens (including phenoxy) is 2. The van der Waals surface area contributed by atoms with Gasteiger partial charge >= 0.3 is 0 Å². The normalized spacial score (nSPS) is 21.1. The number of hydrogen-bond acceptors (Lipinski definition) is 9. The van der Waals surface area contributed by atoms with Gasteiger partial charge in [0, 0.05) is 0 Å². The van der Waals surface area contributed by atoms with Crippen LogP contribution in [-0.2, 0) is 14.3 Å². The molecule has 1 fully saturated rings. The van der Waals surface area contributed by atoms with Gasteiger partial charge in [0.1, 0.15) is 30.5 Å². The number of carbonyl (C=O) groups is 1. The Balaban J connectivity index is 2.29. The molecule has 0 radical (unpaired) electrons. The van der Waals surface area contributed by atoms with Gasteiger partial charge in [-0.25, -0.2) is 0 Å². The monoisotopic (exact) mass is 844 g/mol. The van der Waals surface area contributed by atoms with E-state index in [1.165, 1.54) is 173 Å². The lowest BCUT2D eigenvalue weighted by molar-refractivity contribution is -0.302. The van der Waals surface area contributed by atoms with Gasteiger partial charge in [-0.15, -0.1) is 0 Å². The van der Waals surface area contributed by atoms with Gasteiger partial charge in [-0.1, -0.05) is 232 Å². The number of rotatable bonds is 43. The van der Waals surface area contributed by atoms with E-state index >= 15 is 0 Å². The zero-order valence-electron chi connectivity index (χ0n) is 38.4. The van der Waals surface area contributed by atoms with Crippen molar-refractivity contribution in [1.82, 2.24) is 5.32 Å². The van der Waals surface area contributed by atoms with Crippen molar-refractivity contribution in [3.05, 3.63) is 0 Å². The molecule has 7 N–H and O–H groups in total. The minimum Gasteiger partial charge on any atom is -0.394 e. The summed E-state index contributed by atoms with van der Waals surface area (Å²) in [5, 5.41) is 64.9. The molecular formula is C49H97NO9. The third-order valence-corrected chi connectivity index (χ3v) is 12.6. The molecule has 59 heavy (non-hydrogen) atoms. The van der Waals surface area contributed by atoms with E-state index in [2.05, 4.69) is 19.2 Å². The van der Waals surface area contributed by atoms with E-state index in [1.54, 1.807) is 0 Å². The van der Waals surface area contributed by atoms with Crippen LogP contribution in [-0.4, -0.2) is 98.7 Å². The molecule has 10 heteroatoms. The number of aliphatic hydroxyl groups is 6. The largest absolute Gasteiger partial charge is 0.394 e. The first kappa shape index (κ1) is 56.2. The van der Waals surface area contributed by atoms with Crippen LogP contribution in [0.2, 0.25) is 0 Å². The maximum atomic E-state index is 13.1. The van der Waals surface area contributed by atoms with Gasteiger partial charge < -0.3 is 45.4 Å². The lowest BCUT2D eigenvalue weighted by atomic mass is 9.99. The van der Waals surface area contributed by atoms with Crippen molar-refractivity contribution in [3.63, 3.8) is 0 Å². The molecule has 352 valence electrons. The lowest BCUT2D eigenvalue weighted by Crippen LogP contribution is -2.60. The van der Waals surface area contributed by atoms with Crippen molar-refractivity contribution in [2.75, 3.05) is 13.2 Å². The third kappa shape index (κ3) is 30.0. The summed E-state index contributed by atoms with van der Waals surface area (Å²) in [5.74, 6) is -0.579. The van der Waals surface area contributed by atoms with E-state index in [9.17, 15) is 35.4 Å². The fourth-order valence-corrected chi connectivity index (χ4v) is 8.40. The van der Waals surface area contributed by atoms with Crippen molar-refractivity contribution in [2.24, 2.45) is 0 Å². The zero-order chi connectivity index (χ0) is 43.2. The van der Waals surface area contributed by atoms with Crippen LogP contribution in [0.4, 0.5) is 0 Å². The number of carbonyl (C=O) groups excluding carboxylic acids is 1.